The Balaban J connectivity index is 1.53. The van der Waals surface area contributed by atoms with Crippen molar-refractivity contribution in [2.75, 3.05) is 15.8 Å². The highest BCUT2D eigenvalue weighted by Crippen LogP contribution is 2.11. The summed E-state index contributed by atoms with van der Waals surface area (Å²) in [4.78, 5) is 0. The van der Waals surface area contributed by atoms with Crippen LogP contribution in [0.5, 0.6) is 0 Å². The second-order valence-electron chi connectivity index (χ2n) is 6.30. The summed E-state index contributed by atoms with van der Waals surface area (Å²) in [5.74, 6) is 0.791. The van der Waals surface area contributed by atoms with Crippen molar-refractivity contribution in [1.29, 1.82) is 0 Å². The van der Waals surface area contributed by atoms with Gasteiger partial charge in [-0.3, -0.25) is 4.72 Å². The molecule has 0 atom stereocenters. The molecule has 0 saturated heterocycles. The zero-order valence-electron chi connectivity index (χ0n) is 15.1. The van der Waals surface area contributed by atoms with Crippen LogP contribution >= 0.6 is 0 Å². The Hall–Kier alpha value is -2.93. The van der Waals surface area contributed by atoms with E-state index in [0.29, 0.717) is 18.8 Å². The molecule has 140 valence electrons. The third-order valence-corrected chi connectivity index (χ3v) is 5.24. The van der Waals surface area contributed by atoms with Gasteiger partial charge >= 0.3 is 0 Å². The Morgan fingerprint density at radius 1 is 0.852 bits per heavy atom. The van der Waals surface area contributed by atoms with E-state index >= 15 is 0 Å². The average molecular weight is 382 g/mol. The molecule has 1 heterocycles. The first-order valence-electron chi connectivity index (χ1n) is 8.68. The van der Waals surface area contributed by atoms with E-state index in [9.17, 15) is 8.42 Å². The fourth-order valence-corrected chi connectivity index (χ4v) is 3.64. The van der Waals surface area contributed by atoms with Gasteiger partial charge in [-0.2, -0.15) is 0 Å². The van der Waals surface area contributed by atoms with E-state index in [1.54, 1.807) is 12.1 Å². The number of hydrogen-bond acceptors (Lipinski definition) is 5. The zero-order valence-corrected chi connectivity index (χ0v) is 15.9. The van der Waals surface area contributed by atoms with Gasteiger partial charge in [0.1, 0.15) is 5.82 Å². The molecule has 2 aromatic carbocycles. The van der Waals surface area contributed by atoms with Crippen LogP contribution in [0, 0.1) is 6.92 Å². The Morgan fingerprint density at radius 2 is 1.56 bits per heavy atom. The summed E-state index contributed by atoms with van der Waals surface area (Å²) in [6, 6.07) is 21.0. The number of rotatable bonds is 8. The molecule has 1 aromatic heterocycles. The van der Waals surface area contributed by atoms with Crippen molar-refractivity contribution < 1.29 is 8.42 Å². The summed E-state index contributed by atoms with van der Waals surface area (Å²) in [6.07, 6.45) is 0.444. The molecule has 0 spiro atoms. The van der Waals surface area contributed by atoms with Crippen LogP contribution in [0.15, 0.2) is 66.7 Å². The number of aromatic nitrogens is 2. The summed E-state index contributed by atoms with van der Waals surface area (Å²) in [5, 5.41) is 11.2. The maximum atomic E-state index is 12.2. The van der Waals surface area contributed by atoms with Gasteiger partial charge in [-0.1, -0.05) is 60.2 Å². The van der Waals surface area contributed by atoms with Crippen LogP contribution in [0.25, 0.3) is 0 Å². The molecular weight excluding hydrogens is 360 g/mol. The number of nitrogens with zero attached hydrogens (tertiary/aromatic N) is 2. The molecule has 0 unspecified atom stereocenters. The fraction of sp³-hybridized carbons (Fsp3) is 0.200. The number of benzene rings is 2. The third kappa shape index (κ3) is 6.07. The van der Waals surface area contributed by atoms with Crippen molar-refractivity contribution in [1.82, 2.24) is 10.2 Å². The monoisotopic (exact) mass is 382 g/mol. The Morgan fingerprint density at radius 3 is 2.26 bits per heavy atom. The lowest BCUT2D eigenvalue weighted by molar-refractivity contribution is 0.600. The Bertz CT molecular complexity index is 974. The van der Waals surface area contributed by atoms with Gasteiger partial charge in [0.2, 0.25) is 10.0 Å². The number of aryl methyl sites for hydroxylation is 2. The van der Waals surface area contributed by atoms with E-state index in [-0.39, 0.29) is 11.6 Å². The van der Waals surface area contributed by atoms with Crippen LogP contribution in [0.3, 0.4) is 0 Å². The maximum absolute atomic E-state index is 12.2. The molecule has 2 N–H and O–H groups in total. The van der Waals surface area contributed by atoms with Gasteiger partial charge in [-0.25, -0.2) is 8.42 Å². The smallest absolute Gasteiger partial charge is 0.234 e. The number of nitrogens with one attached hydrogen (secondary N) is 2. The van der Waals surface area contributed by atoms with Crippen LogP contribution in [0.4, 0.5) is 11.6 Å². The second kappa shape index (κ2) is 8.64. The van der Waals surface area contributed by atoms with E-state index in [1.165, 1.54) is 5.56 Å². The summed E-state index contributed by atoms with van der Waals surface area (Å²) in [7, 11) is -3.48. The minimum Gasteiger partial charge on any atom is -0.365 e. The Kier molecular flexibility index (Phi) is 6.03. The van der Waals surface area contributed by atoms with E-state index in [4.69, 9.17) is 0 Å². The van der Waals surface area contributed by atoms with Gasteiger partial charge in [0.25, 0.3) is 0 Å². The number of hydrogen-bond donors (Lipinski definition) is 2. The van der Waals surface area contributed by atoms with Gasteiger partial charge in [-0.05, 0) is 36.6 Å². The van der Waals surface area contributed by atoms with Crippen LogP contribution in [-0.4, -0.2) is 24.4 Å². The van der Waals surface area contributed by atoms with Crippen molar-refractivity contribution in [3.8, 4) is 0 Å². The predicted octanol–water partition coefficient (Wildman–Crippen LogP) is 3.38. The van der Waals surface area contributed by atoms with Gasteiger partial charge in [0.05, 0.1) is 5.75 Å². The first-order valence-corrected chi connectivity index (χ1v) is 10.3. The molecule has 0 radical (unpaired) electrons. The van der Waals surface area contributed by atoms with Gasteiger partial charge < -0.3 is 5.32 Å². The van der Waals surface area contributed by atoms with Crippen LogP contribution in [0.1, 0.15) is 16.7 Å². The Labute approximate surface area is 159 Å². The largest absolute Gasteiger partial charge is 0.365 e. The van der Waals surface area contributed by atoms with Crippen LogP contribution < -0.4 is 10.0 Å². The topological polar surface area (TPSA) is 84.0 Å². The van der Waals surface area contributed by atoms with Crippen molar-refractivity contribution in [3.63, 3.8) is 0 Å². The van der Waals surface area contributed by atoms with E-state index in [1.807, 2.05) is 55.5 Å². The highest BCUT2D eigenvalue weighted by molar-refractivity contribution is 7.92. The van der Waals surface area contributed by atoms with E-state index in [0.717, 1.165) is 11.1 Å². The quantitative estimate of drug-likeness (QED) is 0.624. The third-order valence-electron chi connectivity index (χ3n) is 3.98. The first kappa shape index (κ1) is 18.8. The molecule has 0 saturated carbocycles. The highest BCUT2D eigenvalue weighted by atomic mass is 32.2. The van der Waals surface area contributed by atoms with Crippen molar-refractivity contribution in [3.05, 3.63) is 83.4 Å². The molecule has 0 aliphatic carbocycles. The SMILES string of the molecule is Cc1cccc(CNc2ccc(NS(=O)(=O)CCc3ccccc3)nn2)c1. The highest BCUT2D eigenvalue weighted by Gasteiger charge is 2.12. The average Bonchev–Trinajstić information content (AvgIpc) is 2.67. The molecule has 0 bridgehead atoms. The van der Waals surface area contributed by atoms with E-state index < -0.39 is 10.0 Å². The standard InChI is InChI=1S/C20H22N4O2S/c1-16-6-5-9-18(14-16)15-21-19-10-11-20(23-22-19)24-27(25,26)13-12-17-7-3-2-4-8-17/h2-11,14H,12-13,15H2,1H3,(H,21,22)(H,23,24). The molecule has 0 aliphatic heterocycles. The molecular formula is C20H22N4O2S. The lowest BCUT2D eigenvalue weighted by Gasteiger charge is -2.09. The van der Waals surface area contributed by atoms with Crippen molar-refractivity contribution in [2.24, 2.45) is 0 Å². The molecule has 0 fully saturated rings. The first-order chi connectivity index (χ1) is 13.0. The van der Waals surface area contributed by atoms with Crippen molar-refractivity contribution in [2.45, 2.75) is 19.9 Å². The van der Waals surface area contributed by atoms with Crippen LogP contribution in [-0.2, 0) is 23.0 Å². The van der Waals surface area contributed by atoms with Crippen molar-refractivity contribution >= 4 is 21.7 Å². The molecule has 27 heavy (non-hydrogen) atoms. The number of sulfonamides is 1. The molecule has 0 aliphatic rings. The van der Waals surface area contributed by atoms with Gasteiger partial charge in [0, 0.05) is 6.54 Å². The molecule has 0 amide bonds. The predicted molar refractivity (Wildman–Crippen MR) is 108 cm³/mol. The minimum absolute atomic E-state index is 0.00788. The summed E-state index contributed by atoms with van der Waals surface area (Å²) < 4.78 is 26.9. The van der Waals surface area contributed by atoms with Crippen LogP contribution in [0.2, 0.25) is 0 Å². The normalized spacial score (nSPS) is 11.1. The second-order valence-corrected chi connectivity index (χ2v) is 8.14. The molecule has 6 nitrogen and oxygen atoms in total. The lowest BCUT2D eigenvalue weighted by Crippen LogP contribution is -2.19. The fourth-order valence-electron chi connectivity index (χ4n) is 2.60. The number of anilines is 2. The minimum atomic E-state index is -3.48. The lowest BCUT2D eigenvalue weighted by atomic mass is 10.1. The van der Waals surface area contributed by atoms with E-state index in [2.05, 4.69) is 26.3 Å². The van der Waals surface area contributed by atoms with Gasteiger partial charge in [-0.15, -0.1) is 10.2 Å². The molecule has 7 heteroatoms. The molecule has 3 aromatic rings. The zero-order chi connectivity index (χ0) is 19.1. The maximum Gasteiger partial charge on any atom is 0.234 e. The summed E-state index contributed by atoms with van der Waals surface area (Å²) >= 11 is 0. The summed E-state index contributed by atoms with van der Waals surface area (Å²) in [5.41, 5.74) is 3.31. The van der Waals surface area contributed by atoms with Gasteiger partial charge in [0.15, 0.2) is 5.82 Å². The summed E-state index contributed by atoms with van der Waals surface area (Å²) in [6.45, 7) is 2.67. The molecule has 3 rings (SSSR count).